The second-order valence-corrected chi connectivity index (χ2v) is 5.26. The molecule has 0 unspecified atom stereocenters. The van der Waals surface area contributed by atoms with Gasteiger partial charge in [-0.1, -0.05) is 32.0 Å². The zero-order valence-corrected chi connectivity index (χ0v) is 12.3. The Kier molecular flexibility index (Phi) is 7.04. The number of nitrogens with zero attached hydrogens (tertiary/aromatic N) is 1. The van der Waals surface area contributed by atoms with Crippen LogP contribution in [0.3, 0.4) is 0 Å². The molecule has 0 saturated carbocycles. The highest BCUT2D eigenvalue weighted by Gasteiger charge is 2.10. The van der Waals surface area contributed by atoms with E-state index in [-0.39, 0.29) is 12.5 Å². The Bertz CT molecular complexity index is 421. The molecule has 0 fully saturated rings. The molecule has 0 aromatic heterocycles. The number of carbonyl (C=O) groups is 1. The SMILES string of the molecule is CC(C)CN(CCOc1ccccc1CN)CC(N)=O. The van der Waals surface area contributed by atoms with Gasteiger partial charge in [0.2, 0.25) is 5.91 Å². The van der Waals surface area contributed by atoms with Gasteiger partial charge in [0.05, 0.1) is 6.54 Å². The highest BCUT2D eigenvalue weighted by atomic mass is 16.5. The van der Waals surface area contributed by atoms with Gasteiger partial charge in [-0.2, -0.15) is 0 Å². The van der Waals surface area contributed by atoms with Gasteiger partial charge in [0.15, 0.2) is 0 Å². The van der Waals surface area contributed by atoms with E-state index in [1.165, 1.54) is 0 Å². The van der Waals surface area contributed by atoms with Crippen molar-refractivity contribution in [2.75, 3.05) is 26.2 Å². The maximum absolute atomic E-state index is 11.0. The number of rotatable bonds is 9. The molecule has 0 aliphatic carbocycles. The largest absolute Gasteiger partial charge is 0.492 e. The number of primary amides is 1. The molecule has 5 nitrogen and oxygen atoms in total. The minimum absolute atomic E-state index is 0.264. The lowest BCUT2D eigenvalue weighted by Gasteiger charge is -2.23. The summed E-state index contributed by atoms with van der Waals surface area (Å²) in [5.74, 6) is 0.970. The Hall–Kier alpha value is -1.59. The summed E-state index contributed by atoms with van der Waals surface area (Å²) < 4.78 is 5.75. The van der Waals surface area contributed by atoms with Crippen molar-refractivity contribution in [2.24, 2.45) is 17.4 Å². The molecule has 20 heavy (non-hydrogen) atoms. The summed E-state index contributed by atoms with van der Waals surface area (Å²) in [5.41, 5.74) is 11.9. The van der Waals surface area contributed by atoms with Gasteiger partial charge in [0.25, 0.3) is 0 Å². The predicted molar refractivity (Wildman–Crippen MR) is 80.3 cm³/mol. The van der Waals surface area contributed by atoms with E-state index >= 15 is 0 Å². The van der Waals surface area contributed by atoms with E-state index in [0.29, 0.717) is 25.6 Å². The third-order valence-electron chi connectivity index (χ3n) is 2.86. The summed E-state index contributed by atoms with van der Waals surface area (Å²) >= 11 is 0. The topological polar surface area (TPSA) is 81.6 Å². The van der Waals surface area contributed by atoms with E-state index < -0.39 is 0 Å². The van der Waals surface area contributed by atoms with Crippen LogP contribution in [0.15, 0.2) is 24.3 Å². The van der Waals surface area contributed by atoms with Crippen LogP contribution in [0.25, 0.3) is 0 Å². The van der Waals surface area contributed by atoms with Crippen LogP contribution in [-0.2, 0) is 11.3 Å². The molecule has 1 aromatic carbocycles. The van der Waals surface area contributed by atoms with Crippen LogP contribution in [-0.4, -0.2) is 37.0 Å². The molecule has 0 spiro atoms. The Morgan fingerprint density at radius 1 is 1.35 bits per heavy atom. The number of ether oxygens (including phenoxy) is 1. The summed E-state index contributed by atoms with van der Waals surface area (Å²) in [6.45, 7) is 6.94. The lowest BCUT2D eigenvalue weighted by molar-refractivity contribution is -0.119. The lowest BCUT2D eigenvalue weighted by atomic mass is 10.2. The fourth-order valence-corrected chi connectivity index (χ4v) is 2.07. The first-order valence-corrected chi connectivity index (χ1v) is 6.94. The van der Waals surface area contributed by atoms with E-state index in [4.69, 9.17) is 16.2 Å². The van der Waals surface area contributed by atoms with Crippen molar-refractivity contribution in [3.05, 3.63) is 29.8 Å². The molecule has 112 valence electrons. The van der Waals surface area contributed by atoms with Gasteiger partial charge >= 0.3 is 0 Å². The fourth-order valence-electron chi connectivity index (χ4n) is 2.07. The number of hydrogen-bond acceptors (Lipinski definition) is 4. The second kappa shape index (κ2) is 8.55. The summed E-state index contributed by atoms with van der Waals surface area (Å²) in [5, 5.41) is 0. The highest BCUT2D eigenvalue weighted by Crippen LogP contribution is 2.16. The molecule has 0 heterocycles. The van der Waals surface area contributed by atoms with E-state index in [9.17, 15) is 4.79 Å². The van der Waals surface area contributed by atoms with Gasteiger partial charge in [-0.3, -0.25) is 9.69 Å². The van der Waals surface area contributed by atoms with E-state index in [2.05, 4.69) is 13.8 Å². The minimum Gasteiger partial charge on any atom is -0.492 e. The van der Waals surface area contributed by atoms with Gasteiger partial charge < -0.3 is 16.2 Å². The van der Waals surface area contributed by atoms with Crippen molar-refractivity contribution in [2.45, 2.75) is 20.4 Å². The molecule has 5 heteroatoms. The number of amides is 1. The first-order valence-electron chi connectivity index (χ1n) is 6.94. The highest BCUT2D eigenvalue weighted by molar-refractivity contribution is 5.75. The predicted octanol–water partition coefficient (Wildman–Crippen LogP) is 0.967. The average molecular weight is 279 g/mol. The smallest absolute Gasteiger partial charge is 0.231 e. The summed E-state index contributed by atoms with van der Waals surface area (Å²) in [7, 11) is 0. The molecule has 0 aliphatic heterocycles. The molecule has 0 saturated heterocycles. The Morgan fingerprint density at radius 3 is 2.65 bits per heavy atom. The second-order valence-electron chi connectivity index (χ2n) is 5.26. The molecule has 4 N–H and O–H groups in total. The zero-order chi connectivity index (χ0) is 15.0. The zero-order valence-electron chi connectivity index (χ0n) is 12.3. The van der Waals surface area contributed by atoms with Gasteiger partial charge in [0.1, 0.15) is 12.4 Å². The standard InChI is InChI=1S/C15H25N3O2/c1-12(2)10-18(11-15(17)19)7-8-20-14-6-4-3-5-13(14)9-16/h3-6,12H,7-11,16H2,1-2H3,(H2,17,19). The average Bonchev–Trinajstić information content (AvgIpc) is 2.37. The third kappa shape index (κ3) is 6.04. The van der Waals surface area contributed by atoms with Crippen LogP contribution in [0.2, 0.25) is 0 Å². The number of nitrogens with two attached hydrogens (primary N) is 2. The van der Waals surface area contributed by atoms with Crippen molar-refractivity contribution in [1.29, 1.82) is 0 Å². The number of benzene rings is 1. The van der Waals surface area contributed by atoms with Crippen molar-refractivity contribution in [3.8, 4) is 5.75 Å². The van der Waals surface area contributed by atoms with E-state index in [1.54, 1.807) is 0 Å². The number of hydrogen-bond donors (Lipinski definition) is 2. The molecule has 1 rings (SSSR count). The van der Waals surface area contributed by atoms with E-state index in [1.807, 2.05) is 29.2 Å². The molecule has 0 atom stereocenters. The van der Waals surface area contributed by atoms with Crippen molar-refractivity contribution < 1.29 is 9.53 Å². The lowest BCUT2D eigenvalue weighted by Crippen LogP contribution is -2.38. The van der Waals surface area contributed by atoms with Crippen LogP contribution < -0.4 is 16.2 Å². The Balaban J connectivity index is 2.48. The van der Waals surface area contributed by atoms with Gasteiger partial charge in [-0.15, -0.1) is 0 Å². The maximum atomic E-state index is 11.0. The fraction of sp³-hybridized carbons (Fsp3) is 0.533. The summed E-state index contributed by atoms with van der Waals surface area (Å²) in [6, 6.07) is 7.71. The number of carbonyl (C=O) groups excluding carboxylic acids is 1. The van der Waals surface area contributed by atoms with Gasteiger partial charge in [-0.05, 0) is 12.0 Å². The number of para-hydroxylation sites is 1. The van der Waals surface area contributed by atoms with Crippen molar-refractivity contribution in [3.63, 3.8) is 0 Å². The van der Waals surface area contributed by atoms with Gasteiger partial charge in [-0.25, -0.2) is 0 Å². The van der Waals surface area contributed by atoms with Crippen LogP contribution >= 0.6 is 0 Å². The van der Waals surface area contributed by atoms with E-state index in [0.717, 1.165) is 17.9 Å². The van der Waals surface area contributed by atoms with Crippen LogP contribution in [0.5, 0.6) is 5.75 Å². The minimum atomic E-state index is -0.312. The Morgan fingerprint density at radius 2 is 2.05 bits per heavy atom. The molecule has 0 radical (unpaired) electrons. The van der Waals surface area contributed by atoms with Gasteiger partial charge in [0, 0.05) is 25.2 Å². The van der Waals surface area contributed by atoms with Crippen molar-refractivity contribution in [1.82, 2.24) is 4.90 Å². The quantitative estimate of drug-likeness (QED) is 0.705. The first-order chi connectivity index (χ1) is 9.52. The molecule has 1 amide bonds. The summed E-state index contributed by atoms with van der Waals surface area (Å²) in [4.78, 5) is 13.1. The summed E-state index contributed by atoms with van der Waals surface area (Å²) in [6.07, 6.45) is 0. The molecule has 0 aliphatic rings. The Labute approximate surface area is 120 Å². The first kappa shape index (κ1) is 16.5. The monoisotopic (exact) mass is 279 g/mol. The van der Waals surface area contributed by atoms with Crippen molar-refractivity contribution >= 4 is 5.91 Å². The maximum Gasteiger partial charge on any atom is 0.231 e. The molecular formula is C15H25N3O2. The van der Waals surface area contributed by atoms with Crippen LogP contribution in [0.4, 0.5) is 0 Å². The molecule has 1 aromatic rings. The normalized spacial score (nSPS) is 11.1. The van der Waals surface area contributed by atoms with Crippen LogP contribution in [0.1, 0.15) is 19.4 Å². The molecular weight excluding hydrogens is 254 g/mol. The molecule has 0 bridgehead atoms. The third-order valence-corrected chi connectivity index (χ3v) is 2.86. The van der Waals surface area contributed by atoms with Crippen LogP contribution in [0, 0.1) is 5.92 Å².